The average molecular weight is 376 g/mol. The molecule has 0 atom stereocenters. The zero-order valence-corrected chi connectivity index (χ0v) is 13.1. The average Bonchev–Trinajstić information content (AvgIpc) is 2.36. The summed E-state index contributed by atoms with van der Waals surface area (Å²) in [4.78, 5) is 11.3. The van der Waals surface area contributed by atoms with Gasteiger partial charge < -0.3 is 16.2 Å². The Morgan fingerprint density at radius 2 is 1.90 bits per heavy atom. The smallest absolute Gasteiger partial charge is 0.337 e. The summed E-state index contributed by atoms with van der Waals surface area (Å²) in [6, 6.07) is 7.95. The molecule has 0 unspecified atom stereocenters. The maximum atomic E-state index is 11.3. The van der Waals surface area contributed by atoms with Crippen LogP contribution in [-0.4, -0.2) is 11.1 Å². The Morgan fingerprint density at radius 1 is 1.20 bits per heavy atom. The van der Waals surface area contributed by atoms with Crippen LogP contribution >= 0.6 is 39.1 Å². The minimum atomic E-state index is -1.12. The second-order valence-corrected chi connectivity index (χ2v) is 5.65. The van der Waals surface area contributed by atoms with E-state index in [1.807, 2.05) is 0 Å². The number of carboxylic acid groups (broad SMARTS) is 1. The fourth-order valence-corrected chi connectivity index (χ4v) is 2.41. The molecule has 0 spiro atoms. The van der Waals surface area contributed by atoms with Crippen molar-refractivity contribution in [1.82, 2.24) is 0 Å². The molecule has 0 bridgehead atoms. The molecule has 4 nitrogen and oxygen atoms in total. The Labute approximate surface area is 133 Å². The molecule has 2 aromatic carbocycles. The van der Waals surface area contributed by atoms with Crippen molar-refractivity contribution < 1.29 is 9.90 Å². The van der Waals surface area contributed by atoms with Gasteiger partial charge in [-0.3, -0.25) is 0 Å². The fraction of sp³-hybridized carbons (Fsp3) is 0. The maximum absolute atomic E-state index is 11.3. The van der Waals surface area contributed by atoms with E-state index in [0.29, 0.717) is 15.2 Å². The lowest BCUT2D eigenvalue weighted by atomic mass is 10.1. The van der Waals surface area contributed by atoms with E-state index in [1.165, 1.54) is 12.1 Å². The third-order valence-corrected chi connectivity index (χ3v) is 4.04. The number of nitrogens with one attached hydrogen (secondary N) is 1. The van der Waals surface area contributed by atoms with Gasteiger partial charge in [-0.25, -0.2) is 4.79 Å². The molecule has 2 rings (SSSR count). The zero-order valence-electron chi connectivity index (χ0n) is 9.95. The first kappa shape index (κ1) is 15.0. The van der Waals surface area contributed by atoms with Crippen molar-refractivity contribution >= 4 is 62.2 Å². The summed E-state index contributed by atoms with van der Waals surface area (Å²) >= 11 is 15.3. The minimum Gasteiger partial charge on any atom is -0.478 e. The lowest BCUT2D eigenvalue weighted by molar-refractivity contribution is 0.0698. The Morgan fingerprint density at radius 3 is 2.50 bits per heavy atom. The number of anilines is 3. The van der Waals surface area contributed by atoms with Crippen LogP contribution in [0.4, 0.5) is 17.1 Å². The highest BCUT2D eigenvalue weighted by Crippen LogP contribution is 2.33. The van der Waals surface area contributed by atoms with Crippen LogP contribution in [0.2, 0.25) is 10.0 Å². The molecular formula is C13H9BrCl2N2O2. The predicted molar refractivity (Wildman–Crippen MR) is 85.3 cm³/mol. The van der Waals surface area contributed by atoms with E-state index in [0.717, 1.165) is 0 Å². The van der Waals surface area contributed by atoms with Crippen molar-refractivity contribution in [2.45, 2.75) is 0 Å². The number of halogens is 3. The van der Waals surface area contributed by atoms with Gasteiger partial charge in [0, 0.05) is 15.8 Å². The molecule has 2 aromatic rings. The number of carboxylic acids is 1. The highest BCUT2D eigenvalue weighted by atomic mass is 79.9. The molecule has 0 saturated heterocycles. The number of aromatic carboxylic acids is 1. The molecule has 0 aromatic heterocycles. The van der Waals surface area contributed by atoms with Crippen LogP contribution in [0.3, 0.4) is 0 Å². The van der Waals surface area contributed by atoms with Gasteiger partial charge in [0.05, 0.1) is 21.3 Å². The normalized spacial score (nSPS) is 10.3. The van der Waals surface area contributed by atoms with Crippen LogP contribution in [0.5, 0.6) is 0 Å². The third kappa shape index (κ3) is 3.17. The second-order valence-electron chi connectivity index (χ2n) is 3.98. The van der Waals surface area contributed by atoms with Gasteiger partial charge >= 0.3 is 5.97 Å². The van der Waals surface area contributed by atoms with Crippen molar-refractivity contribution in [1.29, 1.82) is 0 Å². The summed E-state index contributed by atoms with van der Waals surface area (Å²) in [7, 11) is 0. The Hall–Kier alpha value is -1.43. The molecule has 0 saturated carbocycles. The number of rotatable bonds is 3. The summed E-state index contributed by atoms with van der Waals surface area (Å²) in [6.45, 7) is 0. The van der Waals surface area contributed by atoms with Gasteiger partial charge in [0.25, 0.3) is 0 Å². The molecule has 20 heavy (non-hydrogen) atoms. The quantitative estimate of drug-likeness (QED) is 0.674. The van der Waals surface area contributed by atoms with Crippen LogP contribution in [0.25, 0.3) is 0 Å². The van der Waals surface area contributed by atoms with Crippen molar-refractivity contribution in [3.8, 4) is 0 Å². The first-order valence-electron chi connectivity index (χ1n) is 5.43. The predicted octanol–water partition coefficient (Wildman–Crippen LogP) is 4.78. The topological polar surface area (TPSA) is 75.3 Å². The lowest BCUT2D eigenvalue weighted by Gasteiger charge is -2.13. The van der Waals surface area contributed by atoms with E-state index in [-0.39, 0.29) is 22.0 Å². The standard InChI is InChI=1S/C13H9BrCl2N2O2/c14-9-5-7(1-2-10(9)15)18-12-8(13(19)20)3-6(17)4-11(12)16/h1-5,18H,17H2,(H,19,20). The van der Waals surface area contributed by atoms with Gasteiger partial charge in [0.15, 0.2) is 0 Å². The van der Waals surface area contributed by atoms with Crippen molar-refractivity contribution in [3.63, 3.8) is 0 Å². The Bertz CT molecular complexity index is 692. The Balaban J connectivity index is 2.47. The summed E-state index contributed by atoms with van der Waals surface area (Å²) in [5.74, 6) is -1.12. The highest BCUT2D eigenvalue weighted by Gasteiger charge is 2.15. The van der Waals surface area contributed by atoms with Crippen molar-refractivity contribution in [2.75, 3.05) is 11.1 Å². The third-order valence-electron chi connectivity index (χ3n) is 2.53. The molecule has 7 heteroatoms. The maximum Gasteiger partial charge on any atom is 0.337 e. The molecule has 104 valence electrons. The highest BCUT2D eigenvalue weighted by molar-refractivity contribution is 9.10. The van der Waals surface area contributed by atoms with E-state index in [1.54, 1.807) is 18.2 Å². The molecule has 0 heterocycles. The van der Waals surface area contributed by atoms with Crippen LogP contribution in [0.1, 0.15) is 10.4 Å². The molecule has 0 aliphatic heterocycles. The number of benzene rings is 2. The van der Waals surface area contributed by atoms with Crippen LogP contribution in [0.15, 0.2) is 34.8 Å². The SMILES string of the molecule is Nc1cc(Cl)c(Nc2ccc(Cl)c(Br)c2)c(C(=O)O)c1. The van der Waals surface area contributed by atoms with Crippen molar-refractivity contribution in [3.05, 3.63) is 50.4 Å². The zero-order chi connectivity index (χ0) is 14.9. The van der Waals surface area contributed by atoms with E-state index in [9.17, 15) is 9.90 Å². The molecular weight excluding hydrogens is 367 g/mol. The number of hydrogen-bond donors (Lipinski definition) is 3. The molecule has 0 radical (unpaired) electrons. The minimum absolute atomic E-state index is 0.000993. The number of nitrogen functional groups attached to an aromatic ring is 1. The largest absolute Gasteiger partial charge is 0.478 e. The van der Waals surface area contributed by atoms with E-state index in [4.69, 9.17) is 28.9 Å². The Kier molecular flexibility index (Phi) is 4.42. The molecule has 0 fully saturated rings. The number of nitrogens with two attached hydrogens (primary N) is 1. The lowest BCUT2D eigenvalue weighted by Crippen LogP contribution is -2.05. The molecule has 0 amide bonds. The fourth-order valence-electron chi connectivity index (χ4n) is 1.64. The van der Waals surface area contributed by atoms with Crippen LogP contribution < -0.4 is 11.1 Å². The van der Waals surface area contributed by atoms with Crippen LogP contribution in [0, 0.1) is 0 Å². The molecule has 4 N–H and O–H groups in total. The number of carbonyl (C=O) groups is 1. The number of hydrogen-bond acceptors (Lipinski definition) is 3. The monoisotopic (exact) mass is 374 g/mol. The first-order valence-corrected chi connectivity index (χ1v) is 6.98. The van der Waals surface area contributed by atoms with E-state index >= 15 is 0 Å². The first-order chi connectivity index (χ1) is 9.38. The summed E-state index contributed by atoms with van der Waals surface area (Å²) < 4.78 is 0.688. The summed E-state index contributed by atoms with van der Waals surface area (Å²) in [5, 5.41) is 13.0. The second kappa shape index (κ2) is 5.91. The van der Waals surface area contributed by atoms with Gasteiger partial charge in [-0.2, -0.15) is 0 Å². The van der Waals surface area contributed by atoms with Gasteiger partial charge in [-0.1, -0.05) is 23.2 Å². The molecule has 0 aliphatic rings. The molecule has 0 aliphatic carbocycles. The van der Waals surface area contributed by atoms with E-state index < -0.39 is 5.97 Å². The van der Waals surface area contributed by atoms with Gasteiger partial charge in [-0.15, -0.1) is 0 Å². The van der Waals surface area contributed by atoms with Gasteiger partial charge in [-0.05, 0) is 46.3 Å². The van der Waals surface area contributed by atoms with Gasteiger partial charge in [0.1, 0.15) is 0 Å². The summed E-state index contributed by atoms with van der Waals surface area (Å²) in [6.07, 6.45) is 0. The summed E-state index contributed by atoms with van der Waals surface area (Å²) in [5.41, 5.74) is 6.82. The van der Waals surface area contributed by atoms with E-state index in [2.05, 4.69) is 21.2 Å². The van der Waals surface area contributed by atoms with Crippen molar-refractivity contribution in [2.24, 2.45) is 0 Å². The van der Waals surface area contributed by atoms with Gasteiger partial charge in [0.2, 0.25) is 0 Å². The van der Waals surface area contributed by atoms with Crippen LogP contribution in [-0.2, 0) is 0 Å².